The number of likely N-dealkylation sites (N-methyl/N-ethyl adjacent to an activating group) is 2. The number of nitrogens with zero attached hydrogens (tertiary/aromatic N) is 2. The fourth-order valence-electron chi connectivity index (χ4n) is 6.92. The molecule has 0 aromatic rings. The standard InChI is InChI=1S/C45H68N2O8/c1-44(2)38(52-42(50)54-44)27-23-33-46(5)40(48)29-21-17-13-9-7-11-15-19-25-36-31-32-37(35-36)26-20-16-12-8-10-14-18-22-30-41(49)47(6)34-24-28-39-45(3,4)55-43(51)53-39/h19-22,25-30,36-37H,7-18,23-24,31-35H2,1-6H3/b25-19+,26-20+,29-21+,30-22+,38-27+,39-28+. The predicted octanol–water partition coefficient (Wildman–Crippen LogP) is 10.7. The zero-order chi connectivity index (χ0) is 40.1. The third-order valence-corrected chi connectivity index (χ3v) is 10.4. The molecule has 1 saturated carbocycles. The summed E-state index contributed by atoms with van der Waals surface area (Å²) in [5.74, 6) is 2.40. The summed E-state index contributed by atoms with van der Waals surface area (Å²) in [5, 5.41) is 0. The monoisotopic (exact) mass is 764 g/mol. The van der Waals surface area contributed by atoms with Gasteiger partial charge in [-0.05, 0) is 147 Å². The molecule has 2 saturated heterocycles. The van der Waals surface area contributed by atoms with Crippen LogP contribution in [-0.4, -0.2) is 72.3 Å². The molecule has 0 aromatic heterocycles. The predicted molar refractivity (Wildman–Crippen MR) is 217 cm³/mol. The number of rotatable bonds is 24. The Balaban J connectivity index is 1.11. The van der Waals surface area contributed by atoms with Gasteiger partial charge in [-0.25, -0.2) is 9.59 Å². The van der Waals surface area contributed by atoms with E-state index in [1.165, 1.54) is 57.8 Å². The fraction of sp³-hybridized carbons (Fsp3) is 0.644. The van der Waals surface area contributed by atoms with Crippen LogP contribution in [0.5, 0.6) is 0 Å². The lowest BCUT2D eigenvalue weighted by Crippen LogP contribution is -2.26. The van der Waals surface area contributed by atoms with Crippen molar-refractivity contribution in [3.8, 4) is 0 Å². The van der Waals surface area contributed by atoms with Gasteiger partial charge in [0.2, 0.25) is 11.8 Å². The molecule has 3 rings (SSSR count). The van der Waals surface area contributed by atoms with E-state index in [1.807, 2.05) is 24.3 Å². The molecule has 2 unspecified atom stereocenters. The van der Waals surface area contributed by atoms with Crippen molar-refractivity contribution < 1.29 is 38.1 Å². The van der Waals surface area contributed by atoms with E-state index in [0.717, 1.165) is 38.5 Å². The van der Waals surface area contributed by atoms with Crippen LogP contribution in [0.4, 0.5) is 9.59 Å². The fourth-order valence-corrected chi connectivity index (χ4v) is 6.92. The molecule has 2 aliphatic heterocycles. The van der Waals surface area contributed by atoms with Crippen LogP contribution in [0.25, 0.3) is 0 Å². The van der Waals surface area contributed by atoms with E-state index in [-0.39, 0.29) is 11.8 Å². The Kier molecular flexibility index (Phi) is 19.6. The summed E-state index contributed by atoms with van der Waals surface area (Å²) in [4.78, 5) is 50.8. The van der Waals surface area contributed by atoms with Gasteiger partial charge in [0.1, 0.15) is 0 Å². The van der Waals surface area contributed by atoms with Crippen LogP contribution < -0.4 is 0 Å². The number of hydrogen-bond donors (Lipinski definition) is 0. The molecule has 0 radical (unpaired) electrons. The Hall–Kier alpha value is -4.08. The van der Waals surface area contributed by atoms with Gasteiger partial charge < -0.3 is 28.7 Å². The van der Waals surface area contributed by atoms with Gasteiger partial charge in [0.15, 0.2) is 22.7 Å². The van der Waals surface area contributed by atoms with Gasteiger partial charge in [0, 0.05) is 27.2 Å². The van der Waals surface area contributed by atoms with Gasteiger partial charge in [-0.3, -0.25) is 9.59 Å². The molecule has 10 nitrogen and oxygen atoms in total. The number of unbranched alkanes of at least 4 members (excludes halogenated alkanes) is 10. The van der Waals surface area contributed by atoms with E-state index in [9.17, 15) is 19.2 Å². The number of hydrogen-bond acceptors (Lipinski definition) is 8. The summed E-state index contributed by atoms with van der Waals surface area (Å²) in [5.41, 5.74) is -1.51. The zero-order valence-electron chi connectivity index (χ0n) is 34.5. The van der Waals surface area contributed by atoms with Crippen LogP contribution >= 0.6 is 0 Å². The number of carbonyl (C=O) groups is 4. The first-order valence-electron chi connectivity index (χ1n) is 20.7. The Morgan fingerprint density at radius 1 is 0.582 bits per heavy atom. The van der Waals surface area contributed by atoms with E-state index in [4.69, 9.17) is 18.9 Å². The second-order valence-corrected chi connectivity index (χ2v) is 16.1. The van der Waals surface area contributed by atoms with Crippen molar-refractivity contribution in [3.05, 3.63) is 72.3 Å². The molecule has 0 aromatic carbocycles. The largest absolute Gasteiger partial charge is 0.514 e. The lowest BCUT2D eigenvalue weighted by atomic mass is 10.0. The van der Waals surface area contributed by atoms with Crippen molar-refractivity contribution in [1.29, 1.82) is 0 Å². The second-order valence-electron chi connectivity index (χ2n) is 16.1. The Labute approximate surface area is 330 Å². The molecule has 3 fully saturated rings. The van der Waals surface area contributed by atoms with Crippen molar-refractivity contribution in [2.24, 2.45) is 11.8 Å². The third-order valence-electron chi connectivity index (χ3n) is 10.4. The number of amides is 2. The van der Waals surface area contributed by atoms with E-state index in [2.05, 4.69) is 24.3 Å². The highest BCUT2D eigenvalue weighted by molar-refractivity contribution is 5.87. The molecule has 0 N–H and O–H groups in total. The third kappa shape index (κ3) is 17.5. The number of carbonyl (C=O) groups excluding carboxylic acids is 4. The van der Waals surface area contributed by atoms with Gasteiger partial charge in [-0.1, -0.05) is 62.1 Å². The van der Waals surface area contributed by atoms with Crippen molar-refractivity contribution in [1.82, 2.24) is 9.80 Å². The van der Waals surface area contributed by atoms with E-state index in [0.29, 0.717) is 49.3 Å². The lowest BCUT2D eigenvalue weighted by molar-refractivity contribution is -0.125. The second kappa shape index (κ2) is 23.8. The summed E-state index contributed by atoms with van der Waals surface area (Å²) < 4.78 is 20.4. The van der Waals surface area contributed by atoms with Gasteiger partial charge >= 0.3 is 12.3 Å². The maximum Gasteiger partial charge on any atom is 0.514 e. The number of cyclic esters (lactones) is 4. The van der Waals surface area contributed by atoms with E-state index >= 15 is 0 Å². The molecule has 2 amide bonds. The first-order valence-corrected chi connectivity index (χ1v) is 20.7. The van der Waals surface area contributed by atoms with Crippen LogP contribution in [0.2, 0.25) is 0 Å². The minimum Gasteiger partial charge on any atom is -0.420 e. The minimum atomic E-state index is -0.754. The quantitative estimate of drug-likeness (QED) is 0.0413. The molecule has 55 heavy (non-hydrogen) atoms. The Bertz CT molecular complexity index is 1330. The summed E-state index contributed by atoms with van der Waals surface area (Å²) >= 11 is 0. The van der Waals surface area contributed by atoms with Crippen LogP contribution in [0, 0.1) is 11.8 Å². The summed E-state index contributed by atoms with van der Waals surface area (Å²) in [6.07, 6.45) is 37.8. The summed E-state index contributed by atoms with van der Waals surface area (Å²) in [6, 6.07) is 0. The first kappa shape index (κ1) is 45.3. The zero-order valence-corrected chi connectivity index (χ0v) is 34.5. The molecule has 10 heteroatoms. The average molecular weight is 765 g/mol. The molecule has 3 aliphatic rings. The smallest absolute Gasteiger partial charge is 0.420 e. The molecule has 2 heterocycles. The van der Waals surface area contributed by atoms with Crippen LogP contribution in [0.15, 0.2) is 72.3 Å². The molecule has 2 atom stereocenters. The van der Waals surface area contributed by atoms with Gasteiger partial charge in [0.25, 0.3) is 0 Å². The van der Waals surface area contributed by atoms with Crippen LogP contribution in [0.3, 0.4) is 0 Å². The van der Waals surface area contributed by atoms with Gasteiger partial charge in [-0.2, -0.15) is 0 Å². The first-order chi connectivity index (χ1) is 26.3. The highest BCUT2D eigenvalue weighted by atomic mass is 16.8. The molecular formula is C45H68N2O8. The van der Waals surface area contributed by atoms with Crippen LogP contribution in [0.1, 0.15) is 137 Å². The maximum absolute atomic E-state index is 12.4. The normalized spacial score (nSPS) is 22.0. The molecule has 306 valence electrons. The van der Waals surface area contributed by atoms with Crippen molar-refractivity contribution in [2.75, 3.05) is 27.2 Å². The SMILES string of the molecule is CN(CC/C=C1/OC(=O)OC1(C)C)C(=O)/C=C/CCCCCC/C=C/C1CCC(/C=C/CCCCCC/C=C/C(=O)N(C)CC/C=C2/OC(=O)OC2(C)C)C1. The molecular weight excluding hydrogens is 697 g/mol. The average Bonchev–Trinajstić information content (AvgIpc) is 3.77. The number of ether oxygens (including phenoxy) is 4. The van der Waals surface area contributed by atoms with Crippen molar-refractivity contribution >= 4 is 24.1 Å². The van der Waals surface area contributed by atoms with E-state index < -0.39 is 23.5 Å². The highest BCUT2D eigenvalue weighted by Gasteiger charge is 2.39. The van der Waals surface area contributed by atoms with Crippen molar-refractivity contribution in [2.45, 2.75) is 148 Å². The summed E-state index contributed by atoms with van der Waals surface area (Å²) in [7, 11) is 3.56. The van der Waals surface area contributed by atoms with Crippen molar-refractivity contribution in [3.63, 3.8) is 0 Å². The van der Waals surface area contributed by atoms with Gasteiger partial charge in [0.05, 0.1) is 0 Å². The topological polar surface area (TPSA) is 112 Å². The molecule has 0 bridgehead atoms. The Morgan fingerprint density at radius 2 is 0.945 bits per heavy atom. The Morgan fingerprint density at radius 3 is 1.29 bits per heavy atom. The van der Waals surface area contributed by atoms with Crippen LogP contribution in [-0.2, 0) is 28.5 Å². The van der Waals surface area contributed by atoms with E-state index in [1.54, 1.807) is 63.7 Å². The molecule has 1 aliphatic carbocycles. The maximum atomic E-state index is 12.4. The molecule has 0 spiro atoms. The minimum absolute atomic E-state index is 0.0140. The van der Waals surface area contributed by atoms with Gasteiger partial charge in [-0.15, -0.1) is 0 Å². The lowest BCUT2D eigenvalue weighted by Gasteiger charge is -2.16. The number of allylic oxidation sites excluding steroid dienone is 6. The highest BCUT2D eigenvalue weighted by Crippen LogP contribution is 2.33. The summed E-state index contributed by atoms with van der Waals surface area (Å²) in [6.45, 7) is 8.22.